The summed E-state index contributed by atoms with van der Waals surface area (Å²) in [6.07, 6.45) is 4.40. The topological polar surface area (TPSA) is 0 Å². The molecular formula is C14H20. The Morgan fingerprint density at radius 1 is 1.43 bits per heavy atom. The molecule has 0 radical (unpaired) electrons. The average molecular weight is 188 g/mol. The van der Waals surface area contributed by atoms with Crippen molar-refractivity contribution in [2.45, 2.75) is 39.5 Å². The SMILES string of the molecule is C=CC(C)c1ccc(CCC)c(C)c1. The minimum absolute atomic E-state index is 0.462. The fourth-order valence-corrected chi connectivity index (χ4v) is 1.69. The van der Waals surface area contributed by atoms with E-state index >= 15 is 0 Å². The largest absolute Gasteiger partial charge is 0.102 e. The zero-order valence-electron chi connectivity index (χ0n) is 9.51. The van der Waals surface area contributed by atoms with Crippen LogP contribution in [0.5, 0.6) is 0 Å². The Morgan fingerprint density at radius 3 is 2.64 bits per heavy atom. The summed E-state index contributed by atoms with van der Waals surface area (Å²) in [5.74, 6) is 0.462. The minimum Gasteiger partial charge on any atom is -0.102 e. The van der Waals surface area contributed by atoms with Crippen LogP contribution < -0.4 is 0 Å². The highest BCUT2D eigenvalue weighted by molar-refractivity contribution is 5.34. The van der Waals surface area contributed by atoms with Crippen molar-refractivity contribution in [2.75, 3.05) is 0 Å². The van der Waals surface area contributed by atoms with E-state index in [2.05, 4.69) is 45.5 Å². The van der Waals surface area contributed by atoms with Gasteiger partial charge in [-0.3, -0.25) is 0 Å². The molecule has 0 saturated carbocycles. The van der Waals surface area contributed by atoms with Crippen LogP contribution in [-0.4, -0.2) is 0 Å². The molecule has 0 saturated heterocycles. The standard InChI is InChI=1S/C14H20/c1-5-7-13-8-9-14(10-12(13)4)11(3)6-2/h6,8-11H,2,5,7H2,1,3-4H3. The molecule has 14 heavy (non-hydrogen) atoms. The van der Waals surface area contributed by atoms with Crippen LogP contribution in [0.3, 0.4) is 0 Å². The first-order valence-corrected chi connectivity index (χ1v) is 5.41. The fraction of sp³-hybridized carbons (Fsp3) is 0.429. The minimum atomic E-state index is 0.462. The molecular weight excluding hydrogens is 168 g/mol. The van der Waals surface area contributed by atoms with Gasteiger partial charge in [0.1, 0.15) is 0 Å². The van der Waals surface area contributed by atoms with Gasteiger partial charge in [0, 0.05) is 0 Å². The lowest BCUT2D eigenvalue weighted by Crippen LogP contribution is -1.94. The third-order valence-corrected chi connectivity index (χ3v) is 2.77. The molecule has 0 nitrogen and oxygen atoms in total. The first-order valence-electron chi connectivity index (χ1n) is 5.41. The normalized spacial score (nSPS) is 12.5. The third-order valence-electron chi connectivity index (χ3n) is 2.77. The van der Waals surface area contributed by atoms with Gasteiger partial charge in [-0.25, -0.2) is 0 Å². The number of hydrogen-bond acceptors (Lipinski definition) is 0. The van der Waals surface area contributed by atoms with E-state index in [-0.39, 0.29) is 0 Å². The Hall–Kier alpha value is -1.04. The van der Waals surface area contributed by atoms with Gasteiger partial charge in [-0.15, -0.1) is 6.58 Å². The van der Waals surface area contributed by atoms with E-state index in [9.17, 15) is 0 Å². The maximum absolute atomic E-state index is 3.83. The van der Waals surface area contributed by atoms with Crippen LogP contribution >= 0.6 is 0 Å². The van der Waals surface area contributed by atoms with E-state index in [0.29, 0.717) is 5.92 Å². The summed E-state index contributed by atoms with van der Waals surface area (Å²) in [7, 11) is 0. The molecule has 0 bridgehead atoms. The lowest BCUT2D eigenvalue weighted by Gasteiger charge is -2.10. The van der Waals surface area contributed by atoms with Gasteiger partial charge in [-0.1, -0.05) is 44.5 Å². The summed E-state index contributed by atoms with van der Waals surface area (Å²) in [5.41, 5.74) is 4.27. The first-order chi connectivity index (χ1) is 6.69. The Kier molecular flexibility index (Phi) is 3.94. The molecule has 1 atom stereocenters. The highest BCUT2D eigenvalue weighted by Gasteiger charge is 2.03. The van der Waals surface area contributed by atoms with Gasteiger partial charge in [-0.2, -0.15) is 0 Å². The Balaban J connectivity index is 2.93. The molecule has 0 aliphatic heterocycles. The molecule has 0 fully saturated rings. The zero-order chi connectivity index (χ0) is 10.6. The highest BCUT2D eigenvalue weighted by Crippen LogP contribution is 2.20. The summed E-state index contributed by atoms with van der Waals surface area (Å²) in [6.45, 7) is 10.4. The van der Waals surface area contributed by atoms with Gasteiger partial charge in [0.05, 0.1) is 0 Å². The lowest BCUT2D eigenvalue weighted by molar-refractivity contribution is 0.903. The van der Waals surface area contributed by atoms with E-state index in [1.54, 1.807) is 0 Å². The molecule has 0 heteroatoms. The average Bonchev–Trinajstić information content (AvgIpc) is 2.20. The quantitative estimate of drug-likeness (QED) is 0.620. The summed E-state index contributed by atoms with van der Waals surface area (Å²) in [4.78, 5) is 0. The van der Waals surface area contributed by atoms with Crippen molar-refractivity contribution < 1.29 is 0 Å². The Morgan fingerprint density at radius 2 is 2.14 bits per heavy atom. The van der Waals surface area contributed by atoms with Crippen LogP contribution in [0.2, 0.25) is 0 Å². The van der Waals surface area contributed by atoms with E-state index in [1.165, 1.54) is 29.5 Å². The molecule has 0 amide bonds. The monoisotopic (exact) mass is 188 g/mol. The number of hydrogen-bond donors (Lipinski definition) is 0. The number of aryl methyl sites for hydroxylation is 2. The van der Waals surface area contributed by atoms with E-state index in [4.69, 9.17) is 0 Å². The van der Waals surface area contributed by atoms with Gasteiger partial charge in [0.15, 0.2) is 0 Å². The smallest absolute Gasteiger partial charge is 0.00130 e. The molecule has 76 valence electrons. The summed E-state index contributed by atoms with van der Waals surface area (Å²) in [6, 6.07) is 6.77. The highest BCUT2D eigenvalue weighted by atomic mass is 14.1. The van der Waals surface area contributed by atoms with Crippen molar-refractivity contribution in [3.8, 4) is 0 Å². The van der Waals surface area contributed by atoms with Crippen LogP contribution in [-0.2, 0) is 6.42 Å². The summed E-state index contributed by atoms with van der Waals surface area (Å²) >= 11 is 0. The van der Waals surface area contributed by atoms with Crippen LogP contribution in [0.4, 0.5) is 0 Å². The molecule has 0 aromatic heterocycles. The van der Waals surface area contributed by atoms with Crippen molar-refractivity contribution >= 4 is 0 Å². The second kappa shape index (κ2) is 4.99. The molecule has 0 aliphatic carbocycles. The van der Waals surface area contributed by atoms with Crippen LogP contribution in [0, 0.1) is 6.92 Å². The van der Waals surface area contributed by atoms with Gasteiger partial charge in [0.2, 0.25) is 0 Å². The predicted octanol–water partition coefficient (Wildman–Crippen LogP) is 4.24. The molecule has 0 heterocycles. The Labute approximate surface area is 87.7 Å². The maximum Gasteiger partial charge on any atom is -0.00130 e. The van der Waals surface area contributed by atoms with Gasteiger partial charge >= 0.3 is 0 Å². The van der Waals surface area contributed by atoms with E-state index in [1.807, 2.05) is 6.08 Å². The second-order valence-electron chi connectivity index (χ2n) is 3.96. The molecule has 1 rings (SSSR count). The third kappa shape index (κ3) is 2.47. The fourth-order valence-electron chi connectivity index (χ4n) is 1.69. The van der Waals surface area contributed by atoms with E-state index in [0.717, 1.165) is 0 Å². The van der Waals surface area contributed by atoms with Gasteiger partial charge in [0.25, 0.3) is 0 Å². The van der Waals surface area contributed by atoms with E-state index < -0.39 is 0 Å². The van der Waals surface area contributed by atoms with Crippen LogP contribution in [0.25, 0.3) is 0 Å². The first kappa shape index (κ1) is 11.0. The summed E-state index contributed by atoms with van der Waals surface area (Å²) < 4.78 is 0. The molecule has 1 aromatic rings. The molecule has 0 N–H and O–H groups in total. The van der Waals surface area contributed by atoms with Crippen molar-refractivity contribution in [3.05, 3.63) is 47.5 Å². The van der Waals surface area contributed by atoms with Crippen molar-refractivity contribution in [3.63, 3.8) is 0 Å². The summed E-state index contributed by atoms with van der Waals surface area (Å²) in [5, 5.41) is 0. The molecule has 1 aromatic carbocycles. The number of allylic oxidation sites excluding steroid dienone is 1. The Bertz CT molecular complexity index is 310. The van der Waals surface area contributed by atoms with Crippen molar-refractivity contribution in [1.29, 1.82) is 0 Å². The van der Waals surface area contributed by atoms with Crippen molar-refractivity contribution in [1.82, 2.24) is 0 Å². The van der Waals surface area contributed by atoms with Crippen LogP contribution in [0.1, 0.15) is 42.9 Å². The predicted molar refractivity (Wildman–Crippen MR) is 63.8 cm³/mol. The van der Waals surface area contributed by atoms with Crippen molar-refractivity contribution in [2.24, 2.45) is 0 Å². The number of rotatable bonds is 4. The maximum atomic E-state index is 3.83. The van der Waals surface area contributed by atoms with Crippen LogP contribution in [0.15, 0.2) is 30.9 Å². The molecule has 0 aliphatic rings. The molecule has 0 spiro atoms. The number of benzene rings is 1. The second-order valence-corrected chi connectivity index (χ2v) is 3.96. The zero-order valence-corrected chi connectivity index (χ0v) is 9.51. The van der Waals surface area contributed by atoms with Gasteiger partial charge < -0.3 is 0 Å². The molecule has 1 unspecified atom stereocenters. The van der Waals surface area contributed by atoms with Gasteiger partial charge in [-0.05, 0) is 36.0 Å². The lowest BCUT2D eigenvalue weighted by atomic mass is 9.95.